The molecule has 2 aliphatic rings. The van der Waals surface area contributed by atoms with Crippen LogP contribution in [0.3, 0.4) is 0 Å². The SMILES string of the molecule is O=C(O)C1CC2(CN1)C(F)C2(F)F. The molecule has 3 unspecified atom stereocenters. The number of rotatable bonds is 1. The van der Waals surface area contributed by atoms with Crippen LogP contribution in [0.15, 0.2) is 0 Å². The minimum atomic E-state index is -3.34. The second-order valence-electron chi connectivity index (χ2n) is 3.62. The van der Waals surface area contributed by atoms with Crippen LogP contribution in [0.4, 0.5) is 13.2 Å². The van der Waals surface area contributed by atoms with Gasteiger partial charge in [-0.15, -0.1) is 0 Å². The smallest absolute Gasteiger partial charge is 0.320 e. The summed E-state index contributed by atoms with van der Waals surface area (Å²) in [7, 11) is 0. The molecule has 0 amide bonds. The number of aliphatic carboxylic acids is 1. The highest BCUT2D eigenvalue weighted by atomic mass is 19.3. The van der Waals surface area contributed by atoms with Crippen molar-refractivity contribution >= 4 is 5.97 Å². The lowest BCUT2D eigenvalue weighted by atomic mass is 10.0. The third kappa shape index (κ3) is 0.864. The molecule has 2 rings (SSSR count). The Morgan fingerprint density at radius 1 is 1.54 bits per heavy atom. The number of nitrogens with one attached hydrogen (secondary N) is 1. The number of halogens is 3. The van der Waals surface area contributed by atoms with Crippen molar-refractivity contribution in [3.8, 4) is 0 Å². The number of hydrogen-bond acceptors (Lipinski definition) is 2. The van der Waals surface area contributed by atoms with Gasteiger partial charge in [0.2, 0.25) is 0 Å². The fourth-order valence-electron chi connectivity index (χ4n) is 1.90. The van der Waals surface area contributed by atoms with Crippen molar-refractivity contribution in [2.45, 2.75) is 24.6 Å². The lowest BCUT2D eigenvalue weighted by molar-refractivity contribution is -0.139. The molecule has 1 spiro atoms. The number of alkyl halides is 3. The van der Waals surface area contributed by atoms with E-state index in [1.165, 1.54) is 0 Å². The van der Waals surface area contributed by atoms with E-state index in [2.05, 4.69) is 5.32 Å². The summed E-state index contributed by atoms with van der Waals surface area (Å²) in [4.78, 5) is 10.4. The van der Waals surface area contributed by atoms with E-state index in [9.17, 15) is 18.0 Å². The third-order valence-corrected chi connectivity index (χ3v) is 2.91. The predicted octanol–water partition coefficient (Wildman–Crippen LogP) is 0.406. The summed E-state index contributed by atoms with van der Waals surface area (Å²) < 4.78 is 38.1. The Bertz CT molecular complexity index is 270. The number of carboxylic acids is 1. The summed E-state index contributed by atoms with van der Waals surface area (Å²) in [6.07, 6.45) is -2.51. The summed E-state index contributed by atoms with van der Waals surface area (Å²) in [6, 6.07) is -1.04. The minimum Gasteiger partial charge on any atom is -0.480 e. The molecule has 1 heterocycles. The van der Waals surface area contributed by atoms with E-state index in [1.807, 2.05) is 0 Å². The fourth-order valence-corrected chi connectivity index (χ4v) is 1.90. The summed E-state index contributed by atoms with van der Waals surface area (Å²) in [6.45, 7) is -0.252. The Balaban J connectivity index is 2.12. The van der Waals surface area contributed by atoms with Crippen LogP contribution in [0.25, 0.3) is 0 Å². The molecule has 0 radical (unpaired) electrons. The van der Waals surface area contributed by atoms with Crippen LogP contribution in [0.2, 0.25) is 0 Å². The van der Waals surface area contributed by atoms with Crippen LogP contribution in [-0.2, 0) is 4.79 Å². The van der Waals surface area contributed by atoms with Gasteiger partial charge in [-0.05, 0) is 6.42 Å². The van der Waals surface area contributed by atoms with E-state index >= 15 is 0 Å². The fraction of sp³-hybridized carbons (Fsp3) is 0.857. The van der Waals surface area contributed by atoms with Gasteiger partial charge in [-0.2, -0.15) is 0 Å². The molecule has 2 N–H and O–H groups in total. The van der Waals surface area contributed by atoms with Gasteiger partial charge < -0.3 is 10.4 Å². The van der Waals surface area contributed by atoms with Crippen LogP contribution in [0.1, 0.15) is 6.42 Å². The third-order valence-electron chi connectivity index (χ3n) is 2.91. The van der Waals surface area contributed by atoms with Gasteiger partial charge in [0, 0.05) is 6.54 Å². The molecule has 2 fully saturated rings. The van der Waals surface area contributed by atoms with E-state index in [0.29, 0.717) is 0 Å². The monoisotopic (exact) mass is 195 g/mol. The van der Waals surface area contributed by atoms with Crippen molar-refractivity contribution in [2.24, 2.45) is 5.41 Å². The van der Waals surface area contributed by atoms with Crippen molar-refractivity contribution in [1.29, 1.82) is 0 Å². The van der Waals surface area contributed by atoms with Crippen molar-refractivity contribution in [2.75, 3.05) is 6.54 Å². The van der Waals surface area contributed by atoms with Crippen LogP contribution in [0.5, 0.6) is 0 Å². The Kier molecular flexibility index (Phi) is 1.47. The van der Waals surface area contributed by atoms with Gasteiger partial charge in [0.25, 0.3) is 5.92 Å². The Hall–Kier alpha value is -0.780. The molecule has 1 aliphatic carbocycles. The molecule has 0 bridgehead atoms. The van der Waals surface area contributed by atoms with Gasteiger partial charge >= 0.3 is 5.97 Å². The Morgan fingerprint density at radius 3 is 2.31 bits per heavy atom. The lowest BCUT2D eigenvalue weighted by Gasteiger charge is -2.03. The van der Waals surface area contributed by atoms with E-state index in [0.717, 1.165) is 0 Å². The van der Waals surface area contributed by atoms with Crippen molar-refractivity contribution in [3.05, 3.63) is 0 Å². The first-order valence-corrected chi connectivity index (χ1v) is 3.90. The van der Waals surface area contributed by atoms with Crippen LogP contribution >= 0.6 is 0 Å². The first-order valence-electron chi connectivity index (χ1n) is 3.90. The molecule has 1 saturated carbocycles. The van der Waals surface area contributed by atoms with Gasteiger partial charge in [0.1, 0.15) is 6.04 Å². The largest absolute Gasteiger partial charge is 0.480 e. The van der Waals surface area contributed by atoms with E-state index in [-0.39, 0.29) is 13.0 Å². The topological polar surface area (TPSA) is 49.3 Å². The van der Waals surface area contributed by atoms with Crippen LogP contribution < -0.4 is 5.32 Å². The molecule has 6 heteroatoms. The second-order valence-corrected chi connectivity index (χ2v) is 3.62. The molecular formula is C7H8F3NO2. The number of hydrogen-bond donors (Lipinski definition) is 2. The van der Waals surface area contributed by atoms with Crippen molar-refractivity contribution in [3.63, 3.8) is 0 Å². The summed E-state index contributed by atoms with van der Waals surface area (Å²) in [5, 5.41) is 10.9. The maximum Gasteiger partial charge on any atom is 0.320 e. The molecule has 1 aliphatic heterocycles. The summed E-state index contributed by atoms with van der Waals surface area (Å²) >= 11 is 0. The van der Waals surface area contributed by atoms with Gasteiger partial charge in [-0.3, -0.25) is 4.79 Å². The first kappa shape index (κ1) is 8.80. The molecule has 1 saturated heterocycles. The highest BCUT2D eigenvalue weighted by Crippen LogP contribution is 2.66. The molecule has 13 heavy (non-hydrogen) atoms. The average Bonchev–Trinajstić information content (AvgIpc) is 2.49. The Morgan fingerprint density at radius 2 is 2.08 bits per heavy atom. The molecule has 0 aromatic carbocycles. The molecule has 0 aromatic heterocycles. The van der Waals surface area contributed by atoms with Crippen LogP contribution in [0, 0.1) is 5.41 Å². The van der Waals surface area contributed by atoms with E-state index in [4.69, 9.17) is 5.11 Å². The zero-order chi connectivity index (χ0) is 9.85. The Labute approximate surface area is 71.9 Å². The molecule has 3 nitrogen and oxygen atoms in total. The predicted molar refractivity (Wildman–Crippen MR) is 36.3 cm³/mol. The zero-order valence-corrected chi connectivity index (χ0v) is 6.56. The van der Waals surface area contributed by atoms with Crippen molar-refractivity contribution in [1.82, 2.24) is 5.32 Å². The maximum atomic E-state index is 12.7. The quantitative estimate of drug-likeness (QED) is 0.637. The van der Waals surface area contributed by atoms with Gasteiger partial charge in [-0.25, -0.2) is 13.2 Å². The minimum absolute atomic E-state index is 0.252. The highest BCUT2D eigenvalue weighted by Gasteiger charge is 2.83. The lowest BCUT2D eigenvalue weighted by Crippen LogP contribution is -2.29. The van der Waals surface area contributed by atoms with Crippen LogP contribution in [-0.4, -0.2) is 35.8 Å². The normalized spacial score (nSPS) is 46.7. The van der Waals surface area contributed by atoms with Gasteiger partial charge in [-0.1, -0.05) is 0 Å². The standard InChI is InChI=1S/C7H8F3NO2/c8-5-6(7(5,9)10)1-3(4(12)13)11-2-6/h3,5,11H,1-2H2,(H,12,13). The summed E-state index contributed by atoms with van der Waals surface area (Å²) in [5.74, 6) is -4.55. The molecule has 3 atom stereocenters. The van der Waals surface area contributed by atoms with Gasteiger partial charge in [0.05, 0.1) is 5.41 Å². The zero-order valence-electron chi connectivity index (χ0n) is 6.56. The highest BCUT2D eigenvalue weighted by molar-refractivity contribution is 5.74. The van der Waals surface area contributed by atoms with E-state index < -0.39 is 29.5 Å². The first-order chi connectivity index (χ1) is 5.92. The summed E-state index contributed by atoms with van der Waals surface area (Å²) in [5.41, 5.74) is -1.74. The second kappa shape index (κ2) is 2.17. The van der Waals surface area contributed by atoms with E-state index in [1.54, 1.807) is 0 Å². The average molecular weight is 195 g/mol. The number of carboxylic acid groups (broad SMARTS) is 1. The molecule has 0 aromatic rings. The van der Waals surface area contributed by atoms with Crippen molar-refractivity contribution < 1.29 is 23.1 Å². The number of carbonyl (C=O) groups is 1. The molecular weight excluding hydrogens is 187 g/mol. The van der Waals surface area contributed by atoms with Gasteiger partial charge in [0.15, 0.2) is 6.17 Å². The maximum absolute atomic E-state index is 12.7. The molecule has 74 valence electrons.